The molecule has 0 aliphatic carbocycles. The second kappa shape index (κ2) is 11.3. The van der Waals surface area contributed by atoms with Crippen molar-refractivity contribution in [3.05, 3.63) is 72.4 Å². The molecule has 2 heterocycles. The molecule has 7 nitrogen and oxygen atoms in total. The highest BCUT2D eigenvalue weighted by Gasteiger charge is 2.02. The van der Waals surface area contributed by atoms with Crippen LogP contribution in [0.25, 0.3) is 5.82 Å². The number of hydrogen-bond acceptors (Lipinski definition) is 4. The first-order chi connectivity index (χ1) is 13.3. The van der Waals surface area contributed by atoms with Crippen molar-refractivity contribution in [1.29, 1.82) is 0 Å². The number of pyridine rings is 1. The van der Waals surface area contributed by atoms with Gasteiger partial charge in [0.05, 0.1) is 13.7 Å². The zero-order chi connectivity index (χ0) is 18.9. The molecule has 3 aromatic rings. The van der Waals surface area contributed by atoms with Crippen LogP contribution < -0.4 is 15.4 Å². The Morgan fingerprint density at radius 1 is 1.14 bits per heavy atom. The number of methoxy groups -OCH3 is 1. The van der Waals surface area contributed by atoms with Crippen molar-refractivity contribution in [2.75, 3.05) is 13.7 Å². The lowest BCUT2D eigenvalue weighted by Crippen LogP contribution is -2.36. The lowest BCUT2D eigenvalue weighted by Gasteiger charge is -2.12. The first-order valence-electron chi connectivity index (χ1n) is 8.87. The van der Waals surface area contributed by atoms with Gasteiger partial charge in [-0.3, -0.25) is 4.57 Å². The Hall–Kier alpha value is -2.62. The van der Waals surface area contributed by atoms with Crippen molar-refractivity contribution in [1.82, 2.24) is 25.2 Å². The van der Waals surface area contributed by atoms with Gasteiger partial charge in [0.2, 0.25) is 0 Å². The van der Waals surface area contributed by atoms with E-state index in [0.717, 1.165) is 35.2 Å². The molecular weight excluding hydrogens is 467 g/mol. The van der Waals surface area contributed by atoms with Crippen molar-refractivity contribution in [3.63, 3.8) is 0 Å². The van der Waals surface area contributed by atoms with E-state index in [-0.39, 0.29) is 24.0 Å². The molecule has 0 spiro atoms. The number of aliphatic imine (C=N–C) groups is 1. The van der Waals surface area contributed by atoms with E-state index in [2.05, 4.69) is 25.6 Å². The average molecular weight is 492 g/mol. The van der Waals surface area contributed by atoms with Gasteiger partial charge in [-0.1, -0.05) is 12.1 Å². The minimum Gasteiger partial charge on any atom is -0.497 e. The molecule has 2 aromatic heterocycles. The minimum absolute atomic E-state index is 0. The van der Waals surface area contributed by atoms with Crippen LogP contribution in [-0.2, 0) is 13.1 Å². The van der Waals surface area contributed by atoms with Crippen molar-refractivity contribution >= 4 is 29.9 Å². The number of hydrogen-bond donors (Lipinski definition) is 2. The third-order valence-corrected chi connectivity index (χ3v) is 3.94. The molecule has 0 bridgehead atoms. The number of guanidine groups is 1. The van der Waals surface area contributed by atoms with E-state index in [1.807, 2.05) is 54.1 Å². The van der Waals surface area contributed by atoms with Crippen LogP contribution in [-0.4, -0.2) is 34.1 Å². The maximum atomic E-state index is 5.26. The number of halogens is 1. The number of benzene rings is 1. The fraction of sp³-hybridized carbons (Fsp3) is 0.250. The predicted octanol–water partition coefficient (Wildman–Crippen LogP) is 3.15. The quantitative estimate of drug-likeness (QED) is 0.301. The molecule has 0 unspecified atom stereocenters. The molecular formula is C20H25IN6O. The summed E-state index contributed by atoms with van der Waals surface area (Å²) in [7, 11) is 1.67. The number of rotatable bonds is 7. The highest BCUT2D eigenvalue weighted by molar-refractivity contribution is 14.0. The SMILES string of the molecule is CCNC(=NCc1cccc(OC)c1)NCc1ccnc(-n2ccnc2)c1.I. The van der Waals surface area contributed by atoms with Crippen LogP contribution >= 0.6 is 24.0 Å². The Bertz CT molecular complexity index is 882. The van der Waals surface area contributed by atoms with Crippen LogP contribution in [0.5, 0.6) is 5.75 Å². The van der Waals surface area contributed by atoms with Crippen molar-refractivity contribution in [2.45, 2.75) is 20.0 Å². The molecule has 0 atom stereocenters. The summed E-state index contributed by atoms with van der Waals surface area (Å²) in [4.78, 5) is 13.1. The van der Waals surface area contributed by atoms with Gasteiger partial charge in [-0.15, -0.1) is 24.0 Å². The number of nitrogens with zero attached hydrogens (tertiary/aromatic N) is 4. The molecule has 8 heteroatoms. The number of aromatic nitrogens is 3. The van der Waals surface area contributed by atoms with E-state index in [4.69, 9.17) is 4.74 Å². The zero-order valence-electron chi connectivity index (χ0n) is 16.0. The van der Waals surface area contributed by atoms with Crippen molar-refractivity contribution in [2.24, 2.45) is 4.99 Å². The molecule has 0 amide bonds. The van der Waals surface area contributed by atoms with Gasteiger partial charge in [-0.05, 0) is 42.3 Å². The first-order valence-corrected chi connectivity index (χ1v) is 8.87. The molecule has 0 saturated heterocycles. The Kier molecular flexibility index (Phi) is 8.73. The number of ether oxygens (including phenoxy) is 1. The summed E-state index contributed by atoms with van der Waals surface area (Å²) < 4.78 is 7.14. The summed E-state index contributed by atoms with van der Waals surface area (Å²) >= 11 is 0. The Morgan fingerprint density at radius 2 is 2.04 bits per heavy atom. The van der Waals surface area contributed by atoms with Crippen LogP contribution in [0.15, 0.2) is 66.3 Å². The number of nitrogens with one attached hydrogen (secondary N) is 2. The second-order valence-electron chi connectivity index (χ2n) is 5.89. The number of imidazole rings is 1. The third-order valence-electron chi connectivity index (χ3n) is 3.94. The standard InChI is InChI=1S/C20H24N6O.HI/c1-3-22-20(24-13-16-5-4-6-18(11-16)27-2)25-14-17-7-8-23-19(12-17)26-10-9-21-15-26;/h4-12,15H,3,13-14H2,1-2H3,(H2,22,24,25);1H. The molecule has 0 aliphatic rings. The van der Waals surface area contributed by atoms with Gasteiger partial charge in [0, 0.05) is 31.7 Å². The predicted molar refractivity (Wildman–Crippen MR) is 121 cm³/mol. The molecule has 0 radical (unpaired) electrons. The summed E-state index contributed by atoms with van der Waals surface area (Å²) in [6, 6.07) is 11.9. The Labute approximate surface area is 182 Å². The Morgan fingerprint density at radius 3 is 2.79 bits per heavy atom. The van der Waals surface area contributed by atoms with Gasteiger partial charge in [0.15, 0.2) is 5.96 Å². The third kappa shape index (κ3) is 6.22. The van der Waals surface area contributed by atoms with Gasteiger partial charge in [0.25, 0.3) is 0 Å². The lowest BCUT2D eigenvalue weighted by molar-refractivity contribution is 0.414. The van der Waals surface area contributed by atoms with E-state index in [1.165, 1.54) is 0 Å². The molecule has 0 saturated carbocycles. The highest BCUT2D eigenvalue weighted by Crippen LogP contribution is 2.13. The van der Waals surface area contributed by atoms with E-state index < -0.39 is 0 Å². The van der Waals surface area contributed by atoms with Gasteiger partial charge in [-0.2, -0.15) is 0 Å². The minimum atomic E-state index is 0. The van der Waals surface area contributed by atoms with Crippen LogP contribution in [0, 0.1) is 0 Å². The Balaban J connectivity index is 0.00000280. The van der Waals surface area contributed by atoms with Gasteiger partial charge in [-0.25, -0.2) is 15.0 Å². The summed E-state index contributed by atoms with van der Waals surface area (Å²) in [6.07, 6.45) is 7.15. The van der Waals surface area contributed by atoms with Crippen molar-refractivity contribution < 1.29 is 4.74 Å². The molecule has 0 aliphatic heterocycles. The summed E-state index contributed by atoms with van der Waals surface area (Å²) in [5.41, 5.74) is 2.21. The first kappa shape index (κ1) is 21.7. The van der Waals surface area contributed by atoms with E-state index >= 15 is 0 Å². The van der Waals surface area contributed by atoms with E-state index in [9.17, 15) is 0 Å². The summed E-state index contributed by atoms with van der Waals surface area (Å²) in [5.74, 6) is 2.44. The maximum absolute atomic E-state index is 5.26. The van der Waals surface area contributed by atoms with Crippen molar-refractivity contribution in [3.8, 4) is 11.6 Å². The molecule has 3 rings (SSSR count). The largest absolute Gasteiger partial charge is 0.497 e. The maximum Gasteiger partial charge on any atom is 0.191 e. The van der Waals surface area contributed by atoms with Gasteiger partial charge in [0.1, 0.15) is 17.9 Å². The highest BCUT2D eigenvalue weighted by atomic mass is 127. The zero-order valence-corrected chi connectivity index (χ0v) is 18.3. The second-order valence-corrected chi connectivity index (χ2v) is 5.89. The summed E-state index contributed by atoms with van der Waals surface area (Å²) in [5, 5.41) is 6.63. The van der Waals surface area contributed by atoms with Crippen LogP contribution in [0.1, 0.15) is 18.1 Å². The van der Waals surface area contributed by atoms with Gasteiger partial charge >= 0.3 is 0 Å². The van der Waals surface area contributed by atoms with E-state index in [0.29, 0.717) is 13.1 Å². The molecule has 148 valence electrons. The fourth-order valence-corrected chi connectivity index (χ4v) is 2.58. The van der Waals surface area contributed by atoms with Crippen LogP contribution in [0.2, 0.25) is 0 Å². The molecule has 28 heavy (non-hydrogen) atoms. The molecule has 0 fully saturated rings. The summed E-state index contributed by atoms with van der Waals surface area (Å²) in [6.45, 7) is 4.06. The van der Waals surface area contributed by atoms with Crippen LogP contribution in [0.3, 0.4) is 0 Å². The lowest BCUT2D eigenvalue weighted by atomic mass is 10.2. The topological polar surface area (TPSA) is 76.4 Å². The van der Waals surface area contributed by atoms with Crippen LogP contribution in [0.4, 0.5) is 0 Å². The fourth-order valence-electron chi connectivity index (χ4n) is 2.58. The smallest absolute Gasteiger partial charge is 0.191 e. The molecule has 1 aromatic carbocycles. The molecule has 2 N–H and O–H groups in total. The average Bonchev–Trinajstić information content (AvgIpc) is 3.25. The normalized spacial score (nSPS) is 10.9. The van der Waals surface area contributed by atoms with Gasteiger partial charge < -0.3 is 15.4 Å². The van der Waals surface area contributed by atoms with E-state index in [1.54, 1.807) is 25.8 Å². The monoisotopic (exact) mass is 492 g/mol.